The van der Waals surface area contributed by atoms with E-state index in [1.807, 2.05) is 0 Å². The summed E-state index contributed by atoms with van der Waals surface area (Å²) in [6.45, 7) is 0. The number of hydrogen-bond donors (Lipinski definition) is 2. The summed E-state index contributed by atoms with van der Waals surface area (Å²) in [4.78, 5) is 12.8. The topological polar surface area (TPSA) is 64.9 Å². The number of nitriles is 1. The Morgan fingerprint density at radius 1 is 1.03 bits per heavy atom. The maximum absolute atomic E-state index is 13.9. The highest BCUT2D eigenvalue weighted by atomic mass is 32.1. The number of alkyl halides is 6. The van der Waals surface area contributed by atoms with Crippen molar-refractivity contribution in [3.8, 4) is 6.07 Å². The molecule has 1 heterocycles. The number of nitrogens with zero attached hydrogens (tertiary/aromatic N) is 1. The van der Waals surface area contributed by atoms with Crippen molar-refractivity contribution in [3.05, 3.63) is 51.9 Å². The molecule has 32 heavy (non-hydrogen) atoms. The highest BCUT2D eigenvalue weighted by Crippen LogP contribution is 2.47. The summed E-state index contributed by atoms with van der Waals surface area (Å²) < 4.78 is 83.5. The van der Waals surface area contributed by atoms with E-state index in [4.69, 9.17) is 0 Å². The van der Waals surface area contributed by atoms with Gasteiger partial charge >= 0.3 is 18.0 Å². The Hall–Kier alpha value is -2.74. The number of carbonyl (C=O) groups excluding carboxylic acids is 1. The van der Waals surface area contributed by atoms with Crippen LogP contribution in [0.4, 0.5) is 31.3 Å². The SMILES string of the molecule is N#Cc1c(NC(NC(=O)CCc2ccccc2)(C(F)(F)F)C(F)(F)F)sc2c1CCCC2. The van der Waals surface area contributed by atoms with Crippen molar-refractivity contribution in [1.82, 2.24) is 5.32 Å². The van der Waals surface area contributed by atoms with Gasteiger partial charge in [-0.2, -0.15) is 31.6 Å². The number of aryl methyl sites for hydroxylation is 2. The number of nitrogens with one attached hydrogen (secondary N) is 2. The lowest BCUT2D eigenvalue weighted by atomic mass is 9.96. The summed E-state index contributed by atoms with van der Waals surface area (Å²) in [5.41, 5.74) is -3.90. The summed E-state index contributed by atoms with van der Waals surface area (Å²) in [6.07, 6.45) is -10.2. The molecule has 0 atom stereocenters. The van der Waals surface area contributed by atoms with Crippen molar-refractivity contribution in [2.45, 2.75) is 56.5 Å². The van der Waals surface area contributed by atoms with E-state index >= 15 is 0 Å². The van der Waals surface area contributed by atoms with Crippen molar-refractivity contribution in [1.29, 1.82) is 5.26 Å². The molecule has 2 N–H and O–H groups in total. The smallest absolute Gasteiger partial charge is 0.338 e. The molecule has 172 valence electrons. The number of amides is 1. The van der Waals surface area contributed by atoms with Crippen molar-refractivity contribution in [2.75, 3.05) is 5.32 Å². The lowest BCUT2D eigenvalue weighted by molar-refractivity contribution is -0.295. The Bertz CT molecular complexity index is 994. The second-order valence-corrected chi connectivity index (χ2v) is 8.54. The number of anilines is 1. The molecule has 0 radical (unpaired) electrons. The normalized spacial score (nSPS) is 14.4. The molecule has 0 saturated carbocycles. The molecule has 0 fully saturated rings. The van der Waals surface area contributed by atoms with Crippen LogP contribution in [0.2, 0.25) is 0 Å². The second-order valence-electron chi connectivity index (χ2n) is 7.43. The standard InChI is InChI=1S/C21H19F6N3OS/c22-20(23,24)19(21(25,26)27,29-17(31)11-10-13-6-2-1-3-7-13)30-18-15(12-28)14-8-4-5-9-16(14)32-18/h1-3,6-7,30H,4-5,8-11H2,(H,29,31). The van der Waals surface area contributed by atoms with Crippen molar-refractivity contribution < 1.29 is 31.1 Å². The van der Waals surface area contributed by atoms with E-state index in [9.17, 15) is 36.4 Å². The van der Waals surface area contributed by atoms with Gasteiger partial charge in [0.25, 0.3) is 0 Å². The highest BCUT2D eigenvalue weighted by Gasteiger charge is 2.72. The van der Waals surface area contributed by atoms with Gasteiger partial charge in [0.05, 0.1) is 5.56 Å². The largest absolute Gasteiger partial charge is 0.439 e. The van der Waals surface area contributed by atoms with Gasteiger partial charge in [-0.3, -0.25) is 4.79 Å². The van der Waals surface area contributed by atoms with E-state index in [0.29, 0.717) is 46.6 Å². The third-order valence-electron chi connectivity index (χ3n) is 5.25. The lowest BCUT2D eigenvalue weighted by Gasteiger charge is -2.38. The number of rotatable bonds is 6. The van der Waals surface area contributed by atoms with Gasteiger partial charge in [0.15, 0.2) is 0 Å². The van der Waals surface area contributed by atoms with Crippen LogP contribution in [0.1, 0.15) is 40.8 Å². The molecule has 1 aromatic heterocycles. The van der Waals surface area contributed by atoms with Crippen molar-refractivity contribution in [2.24, 2.45) is 0 Å². The fourth-order valence-electron chi connectivity index (χ4n) is 3.59. The molecule has 11 heteroatoms. The first kappa shape index (κ1) is 23.9. The van der Waals surface area contributed by atoms with Crippen LogP contribution in [0.5, 0.6) is 0 Å². The number of benzene rings is 1. The van der Waals surface area contributed by atoms with E-state index in [2.05, 4.69) is 0 Å². The average Bonchev–Trinajstić information content (AvgIpc) is 3.07. The molecule has 1 aliphatic rings. The first-order chi connectivity index (χ1) is 15.0. The van der Waals surface area contributed by atoms with Gasteiger partial charge in [-0.15, -0.1) is 11.3 Å². The van der Waals surface area contributed by atoms with Gasteiger partial charge in [-0.05, 0) is 43.2 Å². The molecular weight excluding hydrogens is 456 g/mol. The van der Waals surface area contributed by atoms with Crippen LogP contribution in [0.25, 0.3) is 0 Å². The average molecular weight is 475 g/mol. The Labute approximate surface area is 184 Å². The van der Waals surface area contributed by atoms with Gasteiger partial charge < -0.3 is 10.6 Å². The van der Waals surface area contributed by atoms with Crippen LogP contribution >= 0.6 is 11.3 Å². The first-order valence-electron chi connectivity index (χ1n) is 9.79. The Balaban J connectivity index is 1.94. The fraction of sp³-hybridized carbons (Fsp3) is 0.429. The number of halogens is 6. The number of thiophene rings is 1. The minimum absolute atomic E-state index is 0.0325. The zero-order valence-electron chi connectivity index (χ0n) is 16.7. The zero-order valence-corrected chi connectivity index (χ0v) is 17.5. The van der Waals surface area contributed by atoms with Crippen LogP contribution in [0.3, 0.4) is 0 Å². The van der Waals surface area contributed by atoms with Crippen LogP contribution in [0.15, 0.2) is 30.3 Å². The molecule has 2 aromatic rings. The predicted octanol–water partition coefficient (Wildman–Crippen LogP) is 5.48. The number of fused-ring (bicyclic) bond motifs is 1. The first-order valence-corrected chi connectivity index (χ1v) is 10.6. The molecule has 0 saturated heterocycles. The van der Waals surface area contributed by atoms with Gasteiger partial charge in [0.1, 0.15) is 11.1 Å². The van der Waals surface area contributed by atoms with Crippen LogP contribution in [-0.4, -0.2) is 23.9 Å². The molecule has 1 aromatic carbocycles. The molecule has 1 aliphatic carbocycles. The second kappa shape index (κ2) is 9.02. The molecule has 1 amide bonds. The van der Waals surface area contributed by atoms with Gasteiger partial charge in [-0.25, -0.2) is 0 Å². The van der Waals surface area contributed by atoms with E-state index < -0.39 is 35.3 Å². The molecule has 0 bridgehead atoms. The highest BCUT2D eigenvalue weighted by molar-refractivity contribution is 7.16. The summed E-state index contributed by atoms with van der Waals surface area (Å²) in [5, 5.41) is 11.5. The summed E-state index contributed by atoms with van der Waals surface area (Å²) in [7, 11) is 0. The quantitative estimate of drug-likeness (QED) is 0.430. The molecule has 3 rings (SSSR count). The number of carbonyl (C=O) groups is 1. The zero-order chi connectivity index (χ0) is 23.6. The van der Waals surface area contributed by atoms with E-state index in [-0.39, 0.29) is 12.0 Å². The third kappa shape index (κ3) is 4.70. The van der Waals surface area contributed by atoms with Crippen LogP contribution in [-0.2, 0) is 24.1 Å². The number of hydrogen-bond acceptors (Lipinski definition) is 4. The molecular formula is C21H19F6N3OS. The maximum atomic E-state index is 13.9. The Morgan fingerprint density at radius 3 is 2.25 bits per heavy atom. The van der Waals surface area contributed by atoms with Gasteiger partial charge in [0, 0.05) is 11.3 Å². The Kier molecular flexibility index (Phi) is 6.74. The monoisotopic (exact) mass is 475 g/mol. The van der Waals surface area contributed by atoms with Crippen molar-refractivity contribution in [3.63, 3.8) is 0 Å². The Morgan fingerprint density at radius 2 is 1.66 bits per heavy atom. The molecule has 4 nitrogen and oxygen atoms in total. The molecule has 0 aliphatic heterocycles. The summed E-state index contributed by atoms with van der Waals surface area (Å²) in [5.74, 6) is -1.42. The minimum Gasteiger partial charge on any atom is -0.338 e. The van der Waals surface area contributed by atoms with Crippen LogP contribution in [0, 0.1) is 11.3 Å². The van der Waals surface area contributed by atoms with Gasteiger partial charge in [0.2, 0.25) is 5.91 Å². The summed E-state index contributed by atoms with van der Waals surface area (Å²) >= 11 is 0.698. The summed E-state index contributed by atoms with van der Waals surface area (Å²) in [6, 6.07) is 9.94. The van der Waals surface area contributed by atoms with Crippen molar-refractivity contribution >= 4 is 22.2 Å². The van der Waals surface area contributed by atoms with E-state index in [1.165, 1.54) is 5.32 Å². The lowest BCUT2D eigenvalue weighted by Crippen LogP contribution is -2.72. The fourth-order valence-corrected chi connectivity index (χ4v) is 4.89. The maximum Gasteiger partial charge on any atom is 0.439 e. The van der Waals surface area contributed by atoms with Gasteiger partial charge in [-0.1, -0.05) is 30.3 Å². The van der Waals surface area contributed by atoms with E-state index in [1.54, 1.807) is 36.4 Å². The molecule has 0 spiro atoms. The van der Waals surface area contributed by atoms with E-state index in [0.717, 1.165) is 11.7 Å². The minimum atomic E-state index is -5.93. The van der Waals surface area contributed by atoms with Crippen LogP contribution < -0.4 is 10.6 Å². The predicted molar refractivity (Wildman–Crippen MR) is 107 cm³/mol. The third-order valence-corrected chi connectivity index (χ3v) is 6.45. The molecule has 0 unspecified atom stereocenters.